The van der Waals surface area contributed by atoms with E-state index >= 15 is 0 Å². The summed E-state index contributed by atoms with van der Waals surface area (Å²) in [5, 5.41) is 0.876. The molecule has 1 aliphatic heterocycles. The van der Waals surface area contributed by atoms with E-state index in [1.807, 2.05) is 31.2 Å². The van der Waals surface area contributed by atoms with Crippen molar-refractivity contribution < 1.29 is 13.9 Å². The number of pyridine rings is 1. The van der Waals surface area contributed by atoms with Gasteiger partial charge in [-0.15, -0.1) is 0 Å². The van der Waals surface area contributed by atoms with Crippen molar-refractivity contribution in [3.8, 4) is 5.75 Å². The number of amides is 1. The molecule has 0 bridgehead atoms. The third-order valence-electron chi connectivity index (χ3n) is 5.24. The standard InChI is InChI=1S/C24H17ClN2O4/c1-2-30-16-10-7-14(8-11-16)21-20-22(28)17-5-3-4-6-18(17)31-23(20)24(29)27(21)19-12-9-15(25)13-26-19/h3-13,21H,2H2,1H3. The van der Waals surface area contributed by atoms with Gasteiger partial charge in [0.15, 0.2) is 5.43 Å². The maximum atomic E-state index is 13.4. The van der Waals surface area contributed by atoms with E-state index in [0.717, 1.165) is 5.56 Å². The monoisotopic (exact) mass is 432 g/mol. The number of hydrogen-bond donors (Lipinski definition) is 0. The van der Waals surface area contributed by atoms with Crippen molar-refractivity contribution in [3.63, 3.8) is 0 Å². The molecule has 1 aliphatic rings. The number of ether oxygens (including phenoxy) is 1. The molecule has 1 amide bonds. The van der Waals surface area contributed by atoms with Crippen LogP contribution in [0.25, 0.3) is 11.0 Å². The van der Waals surface area contributed by atoms with Gasteiger partial charge in [0.05, 0.1) is 28.6 Å². The Hall–Kier alpha value is -3.64. The Morgan fingerprint density at radius 1 is 1.06 bits per heavy atom. The molecular weight excluding hydrogens is 416 g/mol. The van der Waals surface area contributed by atoms with E-state index in [1.54, 1.807) is 36.4 Å². The van der Waals surface area contributed by atoms with Crippen LogP contribution in [0.2, 0.25) is 5.02 Å². The summed E-state index contributed by atoms with van der Waals surface area (Å²) in [7, 11) is 0. The largest absolute Gasteiger partial charge is 0.494 e. The summed E-state index contributed by atoms with van der Waals surface area (Å²) in [6, 6.07) is 16.8. The molecule has 3 heterocycles. The van der Waals surface area contributed by atoms with Gasteiger partial charge in [-0.1, -0.05) is 35.9 Å². The predicted molar refractivity (Wildman–Crippen MR) is 118 cm³/mol. The number of rotatable bonds is 4. The fraction of sp³-hybridized carbons (Fsp3) is 0.125. The van der Waals surface area contributed by atoms with E-state index in [4.69, 9.17) is 20.8 Å². The summed E-state index contributed by atoms with van der Waals surface area (Å²) in [5.41, 5.74) is 1.18. The number of para-hydroxylation sites is 1. The van der Waals surface area contributed by atoms with Crippen LogP contribution < -0.4 is 15.1 Å². The van der Waals surface area contributed by atoms with Crippen molar-refractivity contribution in [2.45, 2.75) is 13.0 Å². The lowest BCUT2D eigenvalue weighted by molar-refractivity contribution is 0.0970. The highest BCUT2D eigenvalue weighted by molar-refractivity contribution is 6.30. The van der Waals surface area contributed by atoms with Crippen LogP contribution in [0.1, 0.15) is 34.6 Å². The summed E-state index contributed by atoms with van der Waals surface area (Å²) in [5.74, 6) is 0.687. The van der Waals surface area contributed by atoms with Crippen LogP contribution in [0.4, 0.5) is 5.82 Å². The Balaban J connectivity index is 1.75. The number of anilines is 1. The van der Waals surface area contributed by atoms with E-state index in [9.17, 15) is 9.59 Å². The molecule has 31 heavy (non-hydrogen) atoms. The molecule has 0 N–H and O–H groups in total. The molecule has 2 aromatic carbocycles. The topological polar surface area (TPSA) is 72.6 Å². The van der Waals surface area contributed by atoms with Crippen molar-refractivity contribution in [2.24, 2.45) is 0 Å². The van der Waals surface area contributed by atoms with Gasteiger partial charge in [0, 0.05) is 6.20 Å². The first-order chi connectivity index (χ1) is 15.1. The lowest BCUT2D eigenvalue weighted by Gasteiger charge is -2.24. The normalized spacial score (nSPS) is 15.4. The quantitative estimate of drug-likeness (QED) is 0.454. The van der Waals surface area contributed by atoms with Crippen molar-refractivity contribution in [1.29, 1.82) is 0 Å². The second-order valence-electron chi connectivity index (χ2n) is 7.08. The van der Waals surface area contributed by atoms with E-state index in [2.05, 4.69) is 4.98 Å². The van der Waals surface area contributed by atoms with Crippen molar-refractivity contribution in [1.82, 2.24) is 4.98 Å². The molecule has 4 aromatic rings. The molecule has 0 saturated carbocycles. The molecule has 154 valence electrons. The van der Waals surface area contributed by atoms with Gasteiger partial charge in [0.25, 0.3) is 5.91 Å². The molecule has 7 heteroatoms. The highest BCUT2D eigenvalue weighted by atomic mass is 35.5. The molecule has 0 radical (unpaired) electrons. The summed E-state index contributed by atoms with van der Waals surface area (Å²) in [4.78, 5) is 32.7. The van der Waals surface area contributed by atoms with Crippen molar-refractivity contribution >= 4 is 34.3 Å². The highest BCUT2D eigenvalue weighted by Crippen LogP contribution is 2.41. The van der Waals surface area contributed by atoms with Gasteiger partial charge < -0.3 is 9.15 Å². The summed E-state index contributed by atoms with van der Waals surface area (Å²) < 4.78 is 11.4. The minimum atomic E-state index is -0.687. The van der Waals surface area contributed by atoms with E-state index in [0.29, 0.717) is 39.7 Å². The molecule has 6 nitrogen and oxygen atoms in total. The summed E-state index contributed by atoms with van der Waals surface area (Å²) >= 11 is 5.99. The number of aromatic nitrogens is 1. The van der Waals surface area contributed by atoms with Gasteiger partial charge in [0.1, 0.15) is 17.2 Å². The first-order valence-corrected chi connectivity index (χ1v) is 10.2. The zero-order valence-electron chi connectivity index (χ0n) is 16.5. The zero-order chi connectivity index (χ0) is 21.5. The van der Waals surface area contributed by atoms with Gasteiger partial charge in [-0.05, 0) is 48.9 Å². The van der Waals surface area contributed by atoms with Crippen LogP contribution in [0.15, 0.2) is 76.1 Å². The lowest BCUT2D eigenvalue weighted by Crippen LogP contribution is -2.30. The summed E-state index contributed by atoms with van der Waals surface area (Å²) in [6.45, 7) is 2.45. The molecule has 2 aromatic heterocycles. The fourth-order valence-corrected chi connectivity index (χ4v) is 4.01. The predicted octanol–water partition coefficient (Wildman–Crippen LogP) is 4.99. The van der Waals surface area contributed by atoms with Gasteiger partial charge in [-0.3, -0.25) is 14.5 Å². The number of halogens is 1. The Morgan fingerprint density at radius 2 is 1.84 bits per heavy atom. The van der Waals surface area contributed by atoms with Gasteiger partial charge in [0.2, 0.25) is 5.76 Å². The fourth-order valence-electron chi connectivity index (χ4n) is 3.89. The number of benzene rings is 2. The van der Waals surface area contributed by atoms with Crippen molar-refractivity contribution in [3.05, 3.63) is 99.0 Å². The van der Waals surface area contributed by atoms with Crippen LogP contribution in [0, 0.1) is 0 Å². The second kappa shape index (κ2) is 7.56. The van der Waals surface area contributed by atoms with Crippen LogP contribution in [0.5, 0.6) is 5.75 Å². The third kappa shape index (κ3) is 3.16. The molecule has 0 spiro atoms. The van der Waals surface area contributed by atoms with E-state index < -0.39 is 11.9 Å². The smallest absolute Gasteiger partial charge is 0.296 e. The molecule has 0 fully saturated rings. The molecule has 0 saturated heterocycles. The van der Waals surface area contributed by atoms with Crippen LogP contribution in [-0.4, -0.2) is 17.5 Å². The maximum Gasteiger partial charge on any atom is 0.296 e. The number of carbonyl (C=O) groups excluding carboxylic acids is 1. The first-order valence-electron chi connectivity index (χ1n) is 9.82. The Labute approximate surface area is 182 Å². The Bertz CT molecular complexity index is 1350. The van der Waals surface area contributed by atoms with Crippen LogP contribution in [0.3, 0.4) is 0 Å². The van der Waals surface area contributed by atoms with Crippen molar-refractivity contribution in [2.75, 3.05) is 11.5 Å². The van der Waals surface area contributed by atoms with Gasteiger partial charge in [-0.2, -0.15) is 0 Å². The molecule has 5 rings (SSSR count). The SMILES string of the molecule is CCOc1ccc(C2c3c(oc4ccccc4c3=O)C(=O)N2c2ccc(Cl)cn2)cc1. The Kier molecular flexibility index (Phi) is 4.71. The maximum absolute atomic E-state index is 13.4. The summed E-state index contributed by atoms with van der Waals surface area (Å²) in [6.07, 6.45) is 1.47. The number of nitrogens with zero attached hydrogens (tertiary/aromatic N) is 2. The zero-order valence-corrected chi connectivity index (χ0v) is 17.3. The highest BCUT2D eigenvalue weighted by Gasteiger charge is 2.44. The number of carbonyl (C=O) groups is 1. The Morgan fingerprint density at radius 3 is 2.55 bits per heavy atom. The average Bonchev–Trinajstić information content (AvgIpc) is 3.08. The lowest BCUT2D eigenvalue weighted by atomic mass is 9.98. The molecule has 0 aliphatic carbocycles. The minimum Gasteiger partial charge on any atom is -0.494 e. The minimum absolute atomic E-state index is 0.0272. The van der Waals surface area contributed by atoms with E-state index in [-0.39, 0.29) is 11.2 Å². The molecular formula is C24H17ClN2O4. The van der Waals surface area contributed by atoms with E-state index in [1.165, 1.54) is 11.1 Å². The van der Waals surface area contributed by atoms with Crippen LogP contribution in [-0.2, 0) is 0 Å². The van der Waals surface area contributed by atoms with Gasteiger partial charge in [-0.25, -0.2) is 4.98 Å². The third-order valence-corrected chi connectivity index (χ3v) is 5.47. The average molecular weight is 433 g/mol. The molecule has 1 atom stereocenters. The second-order valence-corrected chi connectivity index (χ2v) is 7.52. The van der Waals surface area contributed by atoms with Crippen LogP contribution >= 0.6 is 11.6 Å². The number of fused-ring (bicyclic) bond motifs is 2. The molecule has 1 unspecified atom stereocenters. The van der Waals surface area contributed by atoms with Gasteiger partial charge >= 0.3 is 0 Å². The number of hydrogen-bond acceptors (Lipinski definition) is 5. The first kappa shape index (κ1) is 19.3.